The first-order valence-corrected chi connectivity index (χ1v) is 7.38. The van der Waals surface area contributed by atoms with E-state index in [0.29, 0.717) is 0 Å². The molecule has 1 atom stereocenters. The SMILES string of the molecule is CCCC/C=C/S(=O)(=O)C[C@H](N)CCC. The van der Waals surface area contributed by atoms with Gasteiger partial charge < -0.3 is 5.73 Å². The molecule has 0 aromatic carbocycles. The smallest absolute Gasteiger partial charge is 0.172 e. The molecule has 3 nitrogen and oxygen atoms in total. The molecule has 0 saturated carbocycles. The Morgan fingerprint density at radius 2 is 1.93 bits per heavy atom. The first-order valence-electron chi connectivity index (χ1n) is 5.66. The van der Waals surface area contributed by atoms with Crippen LogP contribution in [0.5, 0.6) is 0 Å². The van der Waals surface area contributed by atoms with Crippen LogP contribution < -0.4 is 5.73 Å². The zero-order chi connectivity index (χ0) is 11.7. The Kier molecular flexibility index (Phi) is 7.70. The van der Waals surface area contributed by atoms with Gasteiger partial charge in [0.1, 0.15) is 0 Å². The standard InChI is InChI=1S/C11H23NO2S/c1-3-5-6-7-9-15(13,14)10-11(12)8-4-2/h7,9,11H,3-6,8,10,12H2,1-2H3/b9-7+/t11-/m1/s1. The minimum atomic E-state index is -3.09. The molecule has 0 aromatic heterocycles. The Labute approximate surface area is 93.7 Å². The third-order valence-corrected chi connectivity index (χ3v) is 3.63. The van der Waals surface area contributed by atoms with Gasteiger partial charge in [-0.1, -0.05) is 39.2 Å². The van der Waals surface area contributed by atoms with Gasteiger partial charge in [0.15, 0.2) is 9.84 Å². The van der Waals surface area contributed by atoms with E-state index in [1.54, 1.807) is 6.08 Å². The molecule has 0 spiro atoms. The summed E-state index contributed by atoms with van der Waals surface area (Å²) >= 11 is 0. The van der Waals surface area contributed by atoms with Crippen molar-refractivity contribution in [3.8, 4) is 0 Å². The van der Waals surface area contributed by atoms with E-state index < -0.39 is 9.84 Å². The van der Waals surface area contributed by atoms with E-state index in [9.17, 15) is 8.42 Å². The van der Waals surface area contributed by atoms with Gasteiger partial charge in [-0.15, -0.1) is 0 Å². The van der Waals surface area contributed by atoms with Crippen LogP contribution in [0.15, 0.2) is 11.5 Å². The average molecular weight is 233 g/mol. The molecular weight excluding hydrogens is 210 g/mol. The molecule has 90 valence electrons. The highest BCUT2D eigenvalue weighted by Crippen LogP contribution is 2.03. The Morgan fingerprint density at radius 3 is 2.47 bits per heavy atom. The Hall–Kier alpha value is -0.350. The normalized spacial score (nSPS) is 14.6. The fraction of sp³-hybridized carbons (Fsp3) is 0.818. The summed E-state index contributed by atoms with van der Waals surface area (Å²) in [4.78, 5) is 0. The highest BCUT2D eigenvalue weighted by Gasteiger charge is 2.11. The van der Waals surface area contributed by atoms with Crippen LogP contribution in [0.3, 0.4) is 0 Å². The molecule has 0 aliphatic rings. The number of hydrogen-bond acceptors (Lipinski definition) is 3. The molecule has 2 N–H and O–H groups in total. The van der Waals surface area contributed by atoms with Crippen molar-refractivity contribution in [2.75, 3.05) is 5.75 Å². The van der Waals surface area contributed by atoms with Gasteiger partial charge in [-0.25, -0.2) is 8.42 Å². The van der Waals surface area contributed by atoms with Crippen LogP contribution in [-0.2, 0) is 9.84 Å². The average Bonchev–Trinajstić information content (AvgIpc) is 2.12. The maximum absolute atomic E-state index is 11.5. The van der Waals surface area contributed by atoms with Crippen LogP contribution in [0.4, 0.5) is 0 Å². The van der Waals surface area contributed by atoms with Crippen LogP contribution in [0.2, 0.25) is 0 Å². The Morgan fingerprint density at radius 1 is 1.27 bits per heavy atom. The van der Waals surface area contributed by atoms with Gasteiger partial charge in [0.2, 0.25) is 0 Å². The second-order valence-electron chi connectivity index (χ2n) is 3.89. The molecule has 0 amide bonds. The Bertz CT molecular complexity index is 270. The molecule has 0 rings (SSSR count). The van der Waals surface area contributed by atoms with Crippen LogP contribution in [0, 0.1) is 0 Å². The second kappa shape index (κ2) is 7.88. The van der Waals surface area contributed by atoms with Crippen molar-refractivity contribution < 1.29 is 8.42 Å². The molecule has 0 heterocycles. The molecule has 0 bridgehead atoms. The Balaban J connectivity index is 4.01. The maximum Gasteiger partial charge on any atom is 0.172 e. The molecule has 0 saturated heterocycles. The van der Waals surface area contributed by atoms with Gasteiger partial charge in [0.05, 0.1) is 5.75 Å². The summed E-state index contributed by atoms with van der Waals surface area (Å²) < 4.78 is 23.0. The van der Waals surface area contributed by atoms with Crippen LogP contribution in [0.1, 0.15) is 46.0 Å². The van der Waals surface area contributed by atoms with Crippen molar-refractivity contribution in [1.29, 1.82) is 0 Å². The largest absolute Gasteiger partial charge is 0.327 e. The molecular formula is C11H23NO2S. The lowest BCUT2D eigenvalue weighted by Crippen LogP contribution is -2.28. The van der Waals surface area contributed by atoms with Crippen molar-refractivity contribution in [1.82, 2.24) is 0 Å². The van der Waals surface area contributed by atoms with Crippen molar-refractivity contribution >= 4 is 9.84 Å². The molecule has 15 heavy (non-hydrogen) atoms. The summed E-state index contributed by atoms with van der Waals surface area (Å²) in [5.74, 6) is 0.0729. The van der Waals surface area contributed by atoms with E-state index in [1.165, 1.54) is 5.41 Å². The maximum atomic E-state index is 11.5. The van der Waals surface area contributed by atoms with Crippen molar-refractivity contribution in [3.63, 3.8) is 0 Å². The predicted octanol–water partition coefficient (Wildman–Crippen LogP) is 2.23. The fourth-order valence-corrected chi connectivity index (χ4v) is 2.65. The summed E-state index contributed by atoms with van der Waals surface area (Å²) in [6.45, 7) is 4.09. The zero-order valence-electron chi connectivity index (χ0n) is 9.78. The van der Waals surface area contributed by atoms with E-state index in [0.717, 1.165) is 32.1 Å². The van der Waals surface area contributed by atoms with Crippen molar-refractivity contribution in [3.05, 3.63) is 11.5 Å². The van der Waals surface area contributed by atoms with Gasteiger partial charge in [-0.3, -0.25) is 0 Å². The summed E-state index contributed by atoms with van der Waals surface area (Å²) in [6.07, 6.45) is 6.38. The van der Waals surface area contributed by atoms with Gasteiger partial charge in [0.25, 0.3) is 0 Å². The predicted molar refractivity (Wildman–Crippen MR) is 65.3 cm³/mol. The molecule has 0 aliphatic heterocycles. The molecule has 0 aromatic rings. The van der Waals surface area contributed by atoms with Gasteiger partial charge in [0, 0.05) is 11.4 Å². The molecule has 0 fully saturated rings. The minimum absolute atomic E-state index is 0.0729. The topological polar surface area (TPSA) is 60.2 Å². The summed E-state index contributed by atoms with van der Waals surface area (Å²) in [6, 6.07) is -0.226. The highest BCUT2D eigenvalue weighted by atomic mass is 32.2. The quantitative estimate of drug-likeness (QED) is 0.654. The van der Waals surface area contributed by atoms with Crippen LogP contribution in [-0.4, -0.2) is 20.2 Å². The van der Waals surface area contributed by atoms with Crippen molar-refractivity contribution in [2.45, 2.75) is 52.0 Å². The number of allylic oxidation sites excluding steroid dienone is 1. The highest BCUT2D eigenvalue weighted by molar-refractivity contribution is 7.94. The fourth-order valence-electron chi connectivity index (χ4n) is 1.34. The lowest BCUT2D eigenvalue weighted by Gasteiger charge is -2.07. The van der Waals surface area contributed by atoms with Gasteiger partial charge >= 0.3 is 0 Å². The van der Waals surface area contributed by atoms with E-state index in [2.05, 4.69) is 6.92 Å². The number of unbranched alkanes of at least 4 members (excludes halogenated alkanes) is 2. The number of rotatable bonds is 8. The first-order chi connectivity index (χ1) is 7.02. The minimum Gasteiger partial charge on any atom is -0.327 e. The third kappa shape index (κ3) is 8.63. The second-order valence-corrected chi connectivity index (χ2v) is 5.82. The number of hydrogen-bond donors (Lipinski definition) is 1. The third-order valence-electron chi connectivity index (χ3n) is 2.13. The zero-order valence-corrected chi connectivity index (χ0v) is 10.6. The first kappa shape index (κ1) is 14.6. The number of sulfone groups is 1. The van der Waals surface area contributed by atoms with Gasteiger partial charge in [-0.2, -0.15) is 0 Å². The van der Waals surface area contributed by atoms with E-state index >= 15 is 0 Å². The monoisotopic (exact) mass is 233 g/mol. The number of nitrogens with two attached hydrogens (primary N) is 1. The molecule has 0 unspecified atom stereocenters. The lowest BCUT2D eigenvalue weighted by atomic mass is 10.2. The summed E-state index contributed by atoms with van der Waals surface area (Å²) in [5.41, 5.74) is 5.69. The lowest BCUT2D eigenvalue weighted by molar-refractivity contribution is 0.585. The van der Waals surface area contributed by atoms with E-state index in [-0.39, 0.29) is 11.8 Å². The van der Waals surface area contributed by atoms with Crippen LogP contribution in [0.25, 0.3) is 0 Å². The molecule has 4 heteroatoms. The summed E-state index contributed by atoms with van der Waals surface area (Å²) in [5, 5.41) is 1.32. The van der Waals surface area contributed by atoms with Crippen LogP contribution >= 0.6 is 0 Å². The van der Waals surface area contributed by atoms with E-state index in [1.807, 2.05) is 6.92 Å². The molecule has 0 radical (unpaired) electrons. The van der Waals surface area contributed by atoms with Gasteiger partial charge in [-0.05, 0) is 12.8 Å². The van der Waals surface area contributed by atoms with Crippen molar-refractivity contribution in [2.24, 2.45) is 5.73 Å². The summed E-state index contributed by atoms with van der Waals surface area (Å²) in [7, 11) is -3.09. The molecule has 0 aliphatic carbocycles. The van der Waals surface area contributed by atoms with E-state index in [4.69, 9.17) is 5.73 Å².